The first-order chi connectivity index (χ1) is 9.69. The molecule has 0 aromatic carbocycles. The van der Waals surface area contributed by atoms with Gasteiger partial charge in [0.1, 0.15) is 0 Å². The molecule has 1 saturated carbocycles. The summed E-state index contributed by atoms with van der Waals surface area (Å²) in [5, 5.41) is 0. The Morgan fingerprint density at radius 1 is 1.05 bits per heavy atom. The van der Waals surface area contributed by atoms with Crippen molar-refractivity contribution in [3.05, 3.63) is 0 Å². The van der Waals surface area contributed by atoms with E-state index in [-0.39, 0.29) is 0 Å². The Labute approximate surface area is 127 Å². The van der Waals surface area contributed by atoms with Crippen LogP contribution in [-0.4, -0.2) is 37.2 Å². The Morgan fingerprint density at radius 3 is 2.15 bits per heavy atom. The van der Waals surface area contributed by atoms with Crippen LogP contribution in [0, 0.1) is 17.8 Å². The van der Waals surface area contributed by atoms with Crippen molar-refractivity contribution < 1.29 is 4.74 Å². The predicted molar refractivity (Wildman–Crippen MR) is 88.1 cm³/mol. The zero-order valence-corrected chi connectivity index (χ0v) is 14.5. The third-order valence-corrected chi connectivity index (χ3v) is 4.80. The van der Waals surface area contributed by atoms with Gasteiger partial charge in [-0.1, -0.05) is 34.6 Å². The van der Waals surface area contributed by atoms with Crippen LogP contribution >= 0.6 is 0 Å². The Morgan fingerprint density at radius 2 is 1.65 bits per heavy atom. The molecule has 2 heteroatoms. The van der Waals surface area contributed by atoms with E-state index in [1.54, 1.807) is 0 Å². The largest absolute Gasteiger partial charge is 0.378 e. The number of rotatable bonds is 6. The lowest BCUT2D eigenvalue weighted by Gasteiger charge is -2.44. The van der Waals surface area contributed by atoms with E-state index >= 15 is 0 Å². The molecule has 2 rings (SSSR count). The zero-order chi connectivity index (χ0) is 15.0. The molecule has 2 fully saturated rings. The zero-order valence-electron chi connectivity index (χ0n) is 14.5. The van der Waals surface area contributed by atoms with Gasteiger partial charge in [0.2, 0.25) is 0 Å². The topological polar surface area (TPSA) is 12.5 Å². The van der Waals surface area contributed by atoms with Gasteiger partial charge in [0.15, 0.2) is 0 Å². The lowest BCUT2D eigenvalue weighted by atomic mass is 9.83. The van der Waals surface area contributed by atoms with Crippen molar-refractivity contribution in [2.75, 3.05) is 26.2 Å². The normalized spacial score (nSPS) is 27.9. The van der Waals surface area contributed by atoms with Gasteiger partial charge in [-0.3, -0.25) is 0 Å². The van der Waals surface area contributed by atoms with E-state index in [9.17, 15) is 0 Å². The molecule has 0 bridgehead atoms. The Hall–Kier alpha value is -0.0800. The molecule has 0 aromatic rings. The lowest BCUT2D eigenvalue weighted by molar-refractivity contribution is 0.00127. The minimum absolute atomic E-state index is 0.570. The molecule has 0 spiro atoms. The SMILES string of the molecule is CC.CCCOC1CCC(CN2CC(C(C)C)C2)CC1. The van der Waals surface area contributed by atoms with Crippen LogP contribution in [0.2, 0.25) is 0 Å². The van der Waals surface area contributed by atoms with E-state index in [1.807, 2.05) is 13.8 Å². The second-order valence-corrected chi connectivity index (χ2v) is 6.74. The van der Waals surface area contributed by atoms with Crippen LogP contribution in [0.1, 0.15) is 66.7 Å². The molecular formula is C18H37NO. The van der Waals surface area contributed by atoms with E-state index < -0.39 is 0 Å². The van der Waals surface area contributed by atoms with Crippen molar-refractivity contribution in [2.24, 2.45) is 17.8 Å². The minimum Gasteiger partial charge on any atom is -0.378 e. The molecule has 120 valence electrons. The summed E-state index contributed by atoms with van der Waals surface area (Å²) in [7, 11) is 0. The monoisotopic (exact) mass is 283 g/mol. The number of hydrogen-bond acceptors (Lipinski definition) is 2. The molecule has 0 radical (unpaired) electrons. The summed E-state index contributed by atoms with van der Waals surface area (Å²) in [5.41, 5.74) is 0. The van der Waals surface area contributed by atoms with Gasteiger partial charge in [0.25, 0.3) is 0 Å². The first-order valence-corrected chi connectivity index (χ1v) is 9.03. The molecule has 1 aliphatic carbocycles. The Bertz CT molecular complexity index is 228. The Kier molecular flexibility index (Phi) is 8.79. The van der Waals surface area contributed by atoms with Crippen LogP contribution in [0.25, 0.3) is 0 Å². The van der Waals surface area contributed by atoms with Crippen LogP contribution in [0.3, 0.4) is 0 Å². The van der Waals surface area contributed by atoms with Crippen LogP contribution in [0.15, 0.2) is 0 Å². The third-order valence-electron chi connectivity index (χ3n) is 4.80. The fraction of sp³-hybridized carbons (Fsp3) is 1.00. The molecular weight excluding hydrogens is 246 g/mol. The maximum Gasteiger partial charge on any atom is 0.0575 e. The average molecular weight is 284 g/mol. The summed E-state index contributed by atoms with van der Waals surface area (Å²) in [6.45, 7) is 15.9. The highest BCUT2D eigenvalue weighted by molar-refractivity contribution is 4.84. The van der Waals surface area contributed by atoms with Gasteiger partial charge in [-0.05, 0) is 49.9 Å². The fourth-order valence-electron chi connectivity index (χ4n) is 3.31. The smallest absolute Gasteiger partial charge is 0.0575 e. The fourth-order valence-corrected chi connectivity index (χ4v) is 3.31. The highest BCUT2D eigenvalue weighted by Gasteiger charge is 2.31. The van der Waals surface area contributed by atoms with E-state index in [2.05, 4.69) is 25.7 Å². The molecule has 0 atom stereocenters. The van der Waals surface area contributed by atoms with E-state index in [0.29, 0.717) is 6.10 Å². The van der Waals surface area contributed by atoms with Crippen molar-refractivity contribution in [1.82, 2.24) is 4.90 Å². The highest BCUT2D eigenvalue weighted by Crippen LogP contribution is 2.30. The van der Waals surface area contributed by atoms with E-state index in [4.69, 9.17) is 4.74 Å². The molecule has 2 aliphatic rings. The van der Waals surface area contributed by atoms with Crippen molar-refractivity contribution in [1.29, 1.82) is 0 Å². The number of nitrogens with zero attached hydrogens (tertiary/aromatic N) is 1. The quantitative estimate of drug-likeness (QED) is 0.707. The minimum atomic E-state index is 0.570. The predicted octanol–water partition coefficient (Wildman–Crippen LogP) is 4.59. The molecule has 1 heterocycles. The molecule has 20 heavy (non-hydrogen) atoms. The lowest BCUT2D eigenvalue weighted by Crippen LogP contribution is -2.50. The maximum atomic E-state index is 5.86. The van der Waals surface area contributed by atoms with Gasteiger partial charge in [-0.15, -0.1) is 0 Å². The van der Waals surface area contributed by atoms with Crippen molar-refractivity contribution in [3.8, 4) is 0 Å². The summed E-state index contributed by atoms with van der Waals surface area (Å²) in [4.78, 5) is 2.67. The summed E-state index contributed by atoms with van der Waals surface area (Å²) >= 11 is 0. The standard InChI is InChI=1S/C16H31NO.C2H6/c1-4-9-18-16-7-5-14(6-8-16)10-17-11-15(12-17)13(2)3;1-2/h13-16H,4-12H2,1-3H3;1-2H3. The van der Waals surface area contributed by atoms with Gasteiger partial charge in [-0.2, -0.15) is 0 Å². The third kappa shape index (κ3) is 5.73. The molecule has 1 saturated heterocycles. The van der Waals surface area contributed by atoms with Gasteiger partial charge in [-0.25, -0.2) is 0 Å². The van der Waals surface area contributed by atoms with Crippen molar-refractivity contribution in [2.45, 2.75) is 72.8 Å². The Balaban J connectivity index is 0.000000956. The van der Waals surface area contributed by atoms with Gasteiger partial charge < -0.3 is 9.64 Å². The van der Waals surface area contributed by atoms with Crippen molar-refractivity contribution >= 4 is 0 Å². The van der Waals surface area contributed by atoms with Crippen LogP contribution in [-0.2, 0) is 4.74 Å². The summed E-state index contributed by atoms with van der Waals surface area (Å²) in [6.07, 6.45) is 7.10. The van der Waals surface area contributed by atoms with E-state index in [1.165, 1.54) is 45.3 Å². The maximum absolute atomic E-state index is 5.86. The molecule has 0 unspecified atom stereocenters. The number of likely N-dealkylation sites (tertiary alicyclic amines) is 1. The molecule has 0 amide bonds. The van der Waals surface area contributed by atoms with Crippen LogP contribution < -0.4 is 0 Å². The second-order valence-electron chi connectivity index (χ2n) is 6.74. The number of hydrogen-bond donors (Lipinski definition) is 0. The first-order valence-electron chi connectivity index (χ1n) is 9.03. The summed E-state index contributed by atoms with van der Waals surface area (Å²) in [6, 6.07) is 0. The number of ether oxygens (including phenoxy) is 1. The van der Waals surface area contributed by atoms with Crippen LogP contribution in [0.4, 0.5) is 0 Å². The highest BCUT2D eigenvalue weighted by atomic mass is 16.5. The van der Waals surface area contributed by atoms with Crippen molar-refractivity contribution in [3.63, 3.8) is 0 Å². The second kappa shape index (κ2) is 9.78. The van der Waals surface area contributed by atoms with Gasteiger partial charge in [0.05, 0.1) is 6.10 Å². The van der Waals surface area contributed by atoms with E-state index in [0.717, 1.165) is 30.8 Å². The average Bonchev–Trinajstić information content (AvgIpc) is 2.43. The molecule has 0 aromatic heterocycles. The summed E-state index contributed by atoms with van der Waals surface area (Å²) < 4.78 is 5.86. The van der Waals surface area contributed by atoms with Gasteiger partial charge >= 0.3 is 0 Å². The van der Waals surface area contributed by atoms with Gasteiger partial charge in [0, 0.05) is 26.2 Å². The molecule has 0 N–H and O–H groups in total. The van der Waals surface area contributed by atoms with Crippen LogP contribution in [0.5, 0.6) is 0 Å². The summed E-state index contributed by atoms with van der Waals surface area (Å²) in [5.74, 6) is 2.79. The molecule has 2 nitrogen and oxygen atoms in total. The molecule has 1 aliphatic heterocycles. The first kappa shape index (κ1) is 18.0.